The lowest BCUT2D eigenvalue weighted by Gasteiger charge is -2.53. The number of fused-ring (bicyclic) bond motifs is 13. The number of rotatable bonds is 2. The molecule has 4 unspecified atom stereocenters. The van der Waals surface area contributed by atoms with Crippen LogP contribution in [0.1, 0.15) is 90.2 Å². The fourth-order valence-electron chi connectivity index (χ4n) is 13.8. The number of hydrogen-bond acceptors (Lipinski definition) is 2. The molecule has 5 heterocycles. The average Bonchev–Trinajstić information content (AvgIpc) is 3.75. The van der Waals surface area contributed by atoms with Gasteiger partial charge in [0.15, 0.2) is 0 Å². The Morgan fingerprint density at radius 1 is 0.500 bits per heavy atom. The van der Waals surface area contributed by atoms with Gasteiger partial charge < -0.3 is 14.4 Å². The smallest absolute Gasteiger partial charge is 0.252 e. The molecule has 0 radical (unpaired) electrons. The van der Waals surface area contributed by atoms with Crippen molar-refractivity contribution in [2.45, 2.75) is 101 Å². The van der Waals surface area contributed by atoms with Gasteiger partial charge in [-0.05, 0) is 109 Å². The summed E-state index contributed by atoms with van der Waals surface area (Å²) in [5.74, 6) is 0. The van der Waals surface area contributed by atoms with Gasteiger partial charge in [-0.2, -0.15) is 0 Å². The maximum absolute atomic E-state index is 2.91. The van der Waals surface area contributed by atoms with E-state index in [0.717, 1.165) is 0 Å². The van der Waals surface area contributed by atoms with Gasteiger partial charge in [-0.15, -0.1) is 0 Å². The molecule has 1 aromatic heterocycles. The van der Waals surface area contributed by atoms with Crippen LogP contribution in [0.25, 0.3) is 38.6 Å². The van der Waals surface area contributed by atoms with E-state index in [9.17, 15) is 0 Å². The molecule has 0 spiro atoms. The van der Waals surface area contributed by atoms with Crippen molar-refractivity contribution in [3.8, 4) is 16.8 Å². The number of aromatic nitrogens is 1. The Morgan fingerprint density at radius 2 is 1.16 bits per heavy atom. The van der Waals surface area contributed by atoms with Gasteiger partial charge in [-0.25, -0.2) is 0 Å². The number of hydrogen-bond donors (Lipinski definition) is 0. The highest BCUT2D eigenvalue weighted by Crippen LogP contribution is 2.64. The summed E-state index contributed by atoms with van der Waals surface area (Å²) in [4.78, 5) is 5.75. The Bertz CT molecular complexity index is 2870. The van der Waals surface area contributed by atoms with Crippen molar-refractivity contribution in [2.24, 2.45) is 0 Å². The number of para-hydroxylation sites is 3. The molecule has 0 bridgehead atoms. The molecular weight excluding hydrogens is 677 g/mol. The van der Waals surface area contributed by atoms with Crippen molar-refractivity contribution < 1.29 is 0 Å². The predicted octanol–water partition coefficient (Wildman–Crippen LogP) is 11.1. The standard InChI is InChI=1S/C52H48BN3/c1-49-26-10-13-29-52(49,4)56-45-32-35(55-43-25-24-34(33-16-6-5-7-17-33)30-39(43)50(2)27-11-12-28-51(50,55)3)31-44-46(45)53(41-22-15-20-38(49)48(41)56)40-21-14-19-37-36-18-8-9-23-42(36)54(44)47(37)40/h5-9,14-25,30-32H,10-13,26-29H2,1-4H3. The molecule has 6 aromatic carbocycles. The van der Waals surface area contributed by atoms with Crippen LogP contribution in [-0.4, -0.2) is 22.4 Å². The van der Waals surface area contributed by atoms with Crippen molar-refractivity contribution in [1.82, 2.24) is 4.57 Å². The molecule has 4 atom stereocenters. The molecule has 274 valence electrons. The number of benzene rings is 6. The van der Waals surface area contributed by atoms with E-state index in [1.165, 1.54) is 135 Å². The SMILES string of the molecule is CC12CCCCC1(C)N(c1cc3c4c(c1)-n1c5ccccc5c5cccc(c51)B4c1cccc4c1N3C1(C)CCCCC41C)c1ccc(-c3ccccc3)cc12. The maximum Gasteiger partial charge on any atom is 0.252 e. The van der Waals surface area contributed by atoms with E-state index in [0.29, 0.717) is 0 Å². The monoisotopic (exact) mass is 725 g/mol. The summed E-state index contributed by atoms with van der Waals surface area (Å²) in [6, 6.07) is 47.4. The Labute approximate surface area is 331 Å². The normalized spacial score (nSPS) is 27.6. The van der Waals surface area contributed by atoms with Crippen molar-refractivity contribution in [2.75, 3.05) is 9.80 Å². The van der Waals surface area contributed by atoms with Crippen LogP contribution < -0.4 is 26.2 Å². The molecule has 0 N–H and O–H groups in total. The van der Waals surface area contributed by atoms with Gasteiger partial charge in [-0.1, -0.05) is 131 Å². The van der Waals surface area contributed by atoms with E-state index in [1.54, 1.807) is 5.56 Å². The van der Waals surface area contributed by atoms with Gasteiger partial charge in [-0.3, -0.25) is 0 Å². The first-order valence-corrected chi connectivity index (χ1v) is 21.4. The quantitative estimate of drug-likeness (QED) is 0.164. The first-order chi connectivity index (χ1) is 27.3. The molecule has 4 aliphatic heterocycles. The lowest BCUT2D eigenvalue weighted by Crippen LogP contribution is -2.64. The summed E-state index contributed by atoms with van der Waals surface area (Å²) < 4.78 is 2.67. The molecule has 6 aliphatic rings. The molecule has 7 aromatic rings. The van der Waals surface area contributed by atoms with Crippen molar-refractivity contribution in [1.29, 1.82) is 0 Å². The lowest BCUT2D eigenvalue weighted by molar-refractivity contribution is 0.194. The van der Waals surface area contributed by atoms with Crippen molar-refractivity contribution >= 4 is 67.7 Å². The van der Waals surface area contributed by atoms with Crippen molar-refractivity contribution in [3.05, 3.63) is 132 Å². The molecular formula is C52H48BN3. The third-order valence-electron chi connectivity index (χ3n) is 16.9. The largest absolute Gasteiger partial charge is 0.335 e. The minimum atomic E-state index is -0.0596. The van der Waals surface area contributed by atoms with E-state index in [-0.39, 0.29) is 28.6 Å². The second kappa shape index (κ2) is 10.4. The van der Waals surface area contributed by atoms with Gasteiger partial charge in [0.25, 0.3) is 6.71 Å². The second-order valence-corrected chi connectivity index (χ2v) is 19.1. The zero-order chi connectivity index (χ0) is 37.3. The van der Waals surface area contributed by atoms with E-state index in [2.05, 4.69) is 163 Å². The van der Waals surface area contributed by atoms with E-state index < -0.39 is 0 Å². The van der Waals surface area contributed by atoms with Gasteiger partial charge in [0, 0.05) is 55.6 Å². The van der Waals surface area contributed by atoms with E-state index >= 15 is 0 Å². The third kappa shape index (κ3) is 3.49. The van der Waals surface area contributed by atoms with Crippen LogP contribution in [0.15, 0.2) is 121 Å². The Balaban J connectivity index is 1.15. The number of anilines is 4. The number of nitrogens with zero attached hydrogens (tertiary/aromatic N) is 3. The minimum Gasteiger partial charge on any atom is -0.335 e. The molecule has 56 heavy (non-hydrogen) atoms. The molecule has 0 amide bonds. The summed E-state index contributed by atoms with van der Waals surface area (Å²) >= 11 is 0. The van der Waals surface area contributed by atoms with E-state index in [4.69, 9.17) is 0 Å². The average molecular weight is 726 g/mol. The highest BCUT2D eigenvalue weighted by atomic mass is 15.3. The fraction of sp³-hybridized carbons (Fsp3) is 0.308. The summed E-state index contributed by atoms with van der Waals surface area (Å²) in [6.45, 7) is 10.6. The van der Waals surface area contributed by atoms with Crippen LogP contribution >= 0.6 is 0 Å². The van der Waals surface area contributed by atoms with Crippen LogP contribution in [0.4, 0.5) is 22.7 Å². The zero-order valence-corrected chi connectivity index (χ0v) is 33.1. The highest BCUT2D eigenvalue weighted by molar-refractivity contribution is 7.00. The first kappa shape index (κ1) is 31.9. The van der Waals surface area contributed by atoms with Crippen LogP contribution in [0.3, 0.4) is 0 Å². The molecule has 0 saturated heterocycles. The molecule has 3 nitrogen and oxygen atoms in total. The summed E-state index contributed by atoms with van der Waals surface area (Å²) in [5.41, 5.74) is 19.9. The van der Waals surface area contributed by atoms with Gasteiger partial charge in [0.05, 0.1) is 16.6 Å². The maximum atomic E-state index is 2.91. The minimum absolute atomic E-state index is 0.0111. The molecule has 2 saturated carbocycles. The van der Waals surface area contributed by atoms with Crippen LogP contribution in [0, 0.1) is 0 Å². The summed E-state index contributed by atoms with van der Waals surface area (Å²) in [7, 11) is 0. The first-order valence-electron chi connectivity index (χ1n) is 21.4. The predicted molar refractivity (Wildman–Crippen MR) is 236 cm³/mol. The van der Waals surface area contributed by atoms with Crippen LogP contribution in [0.2, 0.25) is 0 Å². The highest BCUT2D eigenvalue weighted by Gasteiger charge is 2.62. The van der Waals surface area contributed by atoms with Crippen molar-refractivity contribution in [3.63, 3.8) is 0 Å². The molecule has 2 fully saturated rings. The summed E-state index contributed by atoms with van der Waals surface area (Å²) in [6.07, 6.45) is 9.96. The Kier molecular flexibility index (Phi) is 5.92. The van der Waals surface area contributed by atoms with Crippen LogP contribution in [-0.2, 0) is 10.8 Å². The Morgan fingerprint density at radius 3 is 1.98 bits per heavy atom. The van der Waals surface area contributed by atoms with E-state index in [1.807, 2.05) is 0 Å². The third-order valence-corrected chi connectivity index (χ3v) is 16.9. The molecule has 13 rings (SSSR count). The second-order valence-electron chi connectivity index (χ2n) is 19.1. The van der Waals surface area contributed by atoms with Gasteiger partial charge in [0.2, 0.25) is 0 Å². The lowest BCUT2D eigenvalue weighted by atomic mass is 9.33. The fourth-order valence-corrected chi connectivity index (χ4v) is 13.8. The molecule has 2 aliphatic carbocycles. The zero-order valence-electron chi connectivity index (χ0n) is 33.1. The Hall–Kier alpha value is -5.22. The summed E-state index contributed by atoms with van der Waals surface area (Å²) in [5, 5.41) is 2.71. The van der Waals surface area contributed by atoms with Gasteiger partial charge >= 0.3 is 0 Å². The molecule has 4 heteroatoms. The topological polar surface area (TPSA) is 11.4 Å². The van der Waals surface area contributed by atoms with Crippen LogP contribution in [0.5, 0.6) is 0 Å². The van der Waals surface area contributed by atoms with Gasteiger partial charge in [0.1, 0.15) is 0 Å².